The Balaban J connectivity index is 2.82. The van der Waals surface area contributed by atoms with Gasteiger partial charge in [-0.05, 0) is 6.07 Å². The summed E-state index contributed by atoms with van der Waals surface area (Å²) in [5, 5.41) is 19.0. The number of hydrogen-bond donors (Lipinski definition) is 2. The lowest BCUT2D eigenvalue weighted by molar-refractivity contribution is -0.170. The summed E-state index contributed by atoms with van der Waals surface area (Å²) in [5.41, 5.74) is 0.446. The second-order valence-electron chi connectivity index (χ2n) is 2.50. The molecule has 3 nitrogen and oxygen atoms in total. The lowest BCUT2D eigenvalue weighted by Gasteiger charge is -2.20. The molecule has 0 aliphatic carbocycles. The van der Waals surface area contributed by atoms with Crippen LogP contribution < -0.4 is 0 Å². The monoisotopic (exact) mass is 279 g/mol. The Labute approximate surface area is 84.6 Å². The third-order valence-electron chi connectivity index (χ3n) is 1.57. The number of hydrogen-bond acceptors (Lipinski definition) is 3. The van der Waals surface area contributed by atoms with E-state index in [1.54, 1.807) is 18.3 Å². The van der Waals surface area contributed by atoms with Gasteiger partial charge in [-0.25, -0.2) is 0 Å². The molecule has 0 saturated heterocycles. The maximum atomic E-state index is 9.50. The van der Waals surface area contributed by atoms with Crippen molar-refractivity contribution in [2.45, 2.75) is 12.2 Å². The highest BCUT2D eigenvalue weighted by Crippen LogP contribution is 2.21. The molecule has 0 spiro atoms. The van der Waals surface area contributed by atoms with Crippen LogP contribution in [-0.4, -0.2) is 19.6 Å². The molecule has 0 amide bonds. The van der Waals surface area contributed by atoms with E-state index in [2.05, 4.69) is 27.6 Å². The number of nitrogens with zero attached hydrogens (tertiary/aromatic N) is 1. The summed E-state index contributed by atoms with van der Waals surface area (Å²) in [5.74, 6) is -1.73. The van der Waals surface area contributed by atoms with Gasteiger partial charge in [0.15, 0.2) is 5.79 Å². The van der Waals surface area contributed by atoms with Crippen LogP contribution >= 0.6 is 22.6 Å². The van der Waals surface area contributed by atoms with Crippen LogP contribution in [0.3, 0.4) is 0 Å². The van der Waals surface area contributed by atoms with Crippen molar-refractivity contribution in [3.63, 3.8) is 0 Å². The smallest absolute Gasteiger partial charge is 0.192 e. The highest BCUT2D eigenvalue weighted by Gasteiger charge is 2.24. The molecule has 1 aromatic heterocycles. The molecule has 0 aliphatic heterocycles. The first kappa shape index (κ1) is 9.88. The molecule has 2 N–H and O–H groups in total. The molecular weight excluding hydrogens is 269 g/mol. The molecular formula is C8H10INO2. The minimum atomic E-state index is -1.73. The number of pyridine rings is 1. The van der Waals surface area contributed by atoms with Gasteiger partial charge >= 0.3 is 0 Å². The predicted molar refractivity (Wildman–Crippen MR) is 53.9 cm³/mol. The number of alkyl halides is 1. The third-order valence-corrected chi connectivity index (χ3v) is 2.11. The molecule has 1 heterocycles. The van der Waals surface area contributed by atoms with Gasteiger partial charge in [0, 0.05) is 28.8 Å². The highest BCUT2D eigenvalue weighted by atomic mass is 127. The van der Waals surface area contributed by atoms with Crippen molar-refractivity contribution in [2.75, 3.05) is 4.43 Å². The molecule has 0 unspecified atom stereocenters. The molecule has 0 saturated carbocycles. The number of aliphatic hydroxyl groups is 2. The summed E-state index contributed by atoms with van der Waals surface area (Å²) >= 11 is 2.10. The molecule has 1 aromatic rings. The highest BCUT2D eigenvalue weighted by molar-refractivity contribution is 14.1. The summed E-state index contributed by atoms with van der Waals surface area (Å²) in [6.07, 6.45) is 3.38. The standard InChI is InChI=1S/C8H10INO2/c9-4-3-8(11,12)7-2-1-5-10-6-7/h1-2,5-6,11-12H,3-4H2. The Hall–Kier alpha value is -0.200. The molecule has 1 rings (SSSR count). The normalized spacial score (nSPS) is 11.6. The topological polar surface area (TPSA) is 53.4 Å². The van der Waals surface area contributed by atoms with E-state index in [0.717, 1.165) is 0 Å². The Morgan fingerprint density at radius 2 is 2.25 bits per heavy atom. The maximum Gasteiger partial charge on any atom is 0.192 e. The van der Waals surface area contributed by atoms with E-state index in [0.29, 0.717) is 16.4 Å². The van der Waals surface area contributed by atoms with Crippen LogP contribution in [0.4, 0.5) is 0 Å². The molecule has 0 bridgehead atoms. The van der Waals surface area contributed by atoms with Crippen molar-refractivity contribution in [2.24, 2.45) is 0 Å². The largest absolute Gasteiger partial charge is 0.362 e. The SMILES string of the molecule is OC(O)(CCI)c1cccnc1. The van der Waals surface area contributed by atoms with E-state index in [4.69, 9.17) is 0 Å². The molecule has 0 atom stereocenters. The third kappa shape index (κ3) is 2.40. The summed E-state index contributed by atoms with van der Waals surface area (Å²) in [6, 6.07) is 3.34. The lowest BCUT2D eigenvalue weighted by atomic mass is 10.1. The molecule has 0 radical (unpaired) electrons. The minimum Gasteiger partial charge on any atom is -0.362 e. The zero-order valence-corrected chi connectivity index (χ0v) is 8.60. The van der Waals surface area contributed by atoms with E-state index >= 15 is 0 Å². The van der Waals surface area contributed by atoms with E-state index in [-0.39, 0.29) is 0 Å². The van der Waals surface area contributed by atoms with Crippen molar-refractivity contribution in [3.8, 4) is 0 Å². The Kier molecular flexibility index (Phi) is 3.42. The first-order valence-electron chi connectivity index (χ1n) is 3.58. The summed E-state index contributed by atoms with van der Waals surface area (Å²) in [6.45, 7) is 0. The van der Waals surface area contributed by atoms with E-state index in [1.807, 2.05) is 0 Å². The predicted octanol–water partition coefficient (Wildman–Crippen LogP) is 1.04. The number of rotatable bonds is 3. The zero-order chi connectivity index (χ0) is 9.03. The van der Waals surface area contributed by atoms with Gasteiger partial charge in [-0.15, -0.1) is 0 Å². The van der Waals surface area contributed by atoms with Gasteiger partial charge < -0.3 is 10.2 Å². The van der Waals surface area contributed by atoms with Crippen LogP contribution in [-0.2, 0) is 5.79 Å². The van der Waals surface area contributed by atoms with Crippen LogP contribution in [0.25, 0.3) is 0 Å². The van der Waals surface area contributed by atoms with Gasteiger partial charge in [0.25, 0.3) is 0 Å². The molecule has 0 fully saturated rings. The summed E-state index contributed by atoms with van der Waals surface area (Å²) < 4.78 is 0.694. The second-order valence-corrected chi connectivity index (χ2v) is 3.58. The first-order chi connectivity index (χ1) is 5.67. The number of aromatic nitrogens is 1. The fourth-order valence-corrected chi connectivity index (χ4v) is 1.63. The second kappa shape index (κ2) is 4.15. The van der Waals surface area contributed by atoms with Crippen molar-refractivity contribution in [1.29, 1.82) is 0 Å². The van der Waals surface area contributed by atoms with E-state index in [1.165, 1.54) is 6.20 Å². The van der Waals surface area contributed by atoms with Crippen molar-refractivity contribution >= 4 is 22.6 Å². The van der Waals surface area contributed by atoms with Gasteiger partial charge in [-0.2, -0.15) is 0 Å². The van der Waals surface area contributed by atoms with Gasteiger partial charge in [0.2, 0.25) is 0 Å². The number of halogens is 1. The fraction of sp³-hybridized carbons (Fsp3) is 0.375. The van der Waals surface area contributed by atoms with Gasteiger partial charge in [-0.1, -0.05) is 28.7 Å². The van der Waals surface area contributed by atoms with Gasteiger partial charge in [0.1, 0.15) is 0 Å². The van der Waals surface area contributed by atoms with Crippen molar-refractivity contribution in [1.82, 2.24) is 4.98 Å². The summed E-state index contributed by atoms with van der Waals surface area (Å²) in [7, 11) is 0. The van der Waals surface area contributed by atoms with Crippen molar-refractivity contribution in [3.05, 3.63) is 30.1 Å². The average Bonchev–Trinajstić information content (AvgIpc) is 2.06. The van der Waals surface area contributed by atoms with E-state index in [9.17, 15) is 10.2 Å². The molecule has 0 aromatic carbocycles. The maximum absolute atomic E-state index is 9.50. The van der Waals surface area contributed by atoms with Crippen LogP contribution in [0.2, 0.25) is 0 Å². The van der Waals surface area contributed by atoms with Crippen LogP contribution in [0.5, 0.6) is 0 Å². The zero-order valence-electron chi connectivity index (χ0n) is 6.44. The van der Waals surface area contributed by atoms with Crippen molar-refractivity contribution < 1.29 is 10.2 Å². The first-order valence-corrected chi connectivity index (χ1v) is 5.10. The molecule has 12 heavy (non-hydrogen) atoms. The van der Waals surface area contributed by atoms with E-state index < -0.39 is 5.79 Å². The molecule has 66 valence electrons. The Morgan fingerprint density at radius 3 is 2.75 bits per heavy atom. The van der Waals surface area contributed by atoms with Crippen LogP contribution in [0.15, 0.2) is 24.5 Å². The lowest BCUT2D eigenvalue weighted by Crippen LogP contribution is -2.25. The quantitative estimate of drug-likeness (QED) is 0.494. The van der Waals surface area contributed by atoms with Gasteiger partial charge in [0.05, 0.1) is 0 Å². The van der Waals surface area contributed by atoms with Crippen LogP contribution in [0.1, 0.15) is 12.0 Å². The molecule has 0 aliphatic rings. The fourth-order valence-electron chi connectivity index (χ4n) is 0.876. The molecule has 4 heteroatoms. The average molecular weight is 279 g/mol. The summed E-state index contributed by atoms with van der Waals surface area (Å²) in [4.78, 5) is 3.81. The minimum absolute atomic E-state index is 0.319. The Bertz CT molecular complexity index is 238. The Morgan fingerprint density at radius 1 is 1.50 bits per heavy atom. The van der Waals surface area contributed by atoms with Crippen LogP contribution in [0, 0.1) is 0 Å². The van der Waals surface area contributed by atoms with Gasteiger partial charge in [-0.3, -0.25) is 4.98 Å².